The molecule has 6 atom stereocenters. The number of esters is 1. The molecule has 0 unspecified atom stereocenters. The Labute approximate surface area is 187 Å². The largest absolute Gasteiger partial charge is 0.465 e. The molecule has 0 spiro atoms. The number of hydrogen-bond acceptors (Lipinski definition) is 5. The molecular weight excluding hydrogens is 396 g/mol. The van der Waals surface area contributed by atoms with Gasteiger partial charge in [0.2, 0.25) is 11.9 Å². The zero-order valence-corrected chi connectivity index (χ0v) is 19.6. The van der Waals surface area contributed by atoms with Crippen LogP contribution in [0.25, 0.3) is 0 Å². The molecule has 2 saturated carbocycles. The van der Waals surface area contributed by atoms with Crippen LogP contribution in [-0.4, -0.2) is 35.5 Å². The molecule has 178 valence electrons. The third kappa shape index (κ3) is 6.91. The molecule has 0 radical (unpaired) electrons. The quantitative estimate of drug-likeness (QED) is 0.214. The Bertz CT molecular complexity index is 597. The lowest BCUT2D eigenvalue weighted by atomic mass is 9.73. The summed E-state index contributed by atoms with van der Waals surface area (Å²) < 4.78 is 5.52. The summed E-state index contributed by atoms with van der Waals surface area (Å²) in [5.74, 6) is -0.871. The molecule has 2 aliphatic rings. The van der Waals surface area contributed by atoms with Gasteiger partial charge in [0.25, 0.3) is 0 Å². The molecule has 2 rings (SSSR count). The van der Waals surface area contributed by atoms with E-state index in [0.717, 1.165) is 57.8 Å². The van der Waals surface area contributed by atoms with Crippen molar-refractivity contribution in [1.82, 2.24) is 5.32 Å². The number of hydrogen-bond donors (Lipinski definition) is 1. The molecule has 0 aromatic carbocycles. The smallest absolute Gasteiger partial charge is 0.309 e. The van der Waals surface area contributed by atoms with E-state index in [2.05, 4.69) is 12.2 Å². The van der Waals surface area contributed by atoms with Crippen LogP contribution in [0, 0.1) is 33.8 Å². The summed E-state index contributed by atoms with van der Waals surface area (Å²) in [4.78, 5) is 37.4. The highest BCUT2D eigenvalue weighted by molar-refractivity contribution is 5.79. The number of unbranched alkanes of at least 4 members (excludes halogenated alkanes) is 1. The second-order valence-corrected chi connectivity index (χ2v) is 9.41. The standard InChI is InChI=1S/C24H42N2O5/c1-4-7-16-31-24(28)18(6-3)19-12-8-10-14-21(19)25-23(27)17(5-2)20-13-9-11-15-22(20)26(29)30/h17-22H,4-16H2,1-3H3,(H,25,27)/t17-,18-,19-,20-,21-,22+/m0/s1. The number of nitro groups is 1. The van der Waals surface area contributed by atoms with Gasteiger partial charge in [-0.25, -0.2) is 0 Å². The fraction of sp³-hybridized carbons (Fsp3) is 0.917. The predicted octanol–water partition coefficient (Wildman–Crippen LogP) is 4.89. The molecule has 7 heteroatoms. The van der Waals surface area contributed by atoms with Crippen molar-refractivity contribution in [2.45, 2.75) is 110 Å². The Kier molecular flexibility index (Phi) is 10.7. The third-order valence-electron chi connectivity index (χ3n) is 7.49. The lowest BCUT2D eigenvalue weighted by Crippen LogP contribution is -2.51. The van der Waals surface area contributed by atoms with Crippen molar-refractivity contribution >= 4 is 11.9 Å². The van der Waals surface area contributed by atoms with Crippen molar-refractivity contribution in [2.75, 3.05) is 6.61 Å². The second-order valence-electron chi connectivity index (χ2n) is 9.41. The average molecular weight is 439 g/mol. The molecule has 0 saturated heterocycles. The van der Waals surface area contributed by atoms with Gasteiger partial charge in [-0.1, -0.05) is 46.5 Å². The number of nitrogens with zero attached hydrogens (tertiary/aromatic N) is 1. The molecule has 0 bridgehead atoms. The van der Waals surface area contributed by atoms with Crippen LogP contribution in [0.1, 0.15) is 97.8 Å². The molecule has 0 aromatic heterocycles. The maximum Gasteiger partial charge on any atom is 0.309 e. The average Bonchev–Trinajstić information content (AvgIpc) is 2.76. The van der Waals surface area contributed by atoms with Gasteiger partial charge in [-0.3, -0.25) is 19.7 Å². The highest BCUT2D eigenvalue weighted by Gasteiger charge is 2.43. The first-order valence-electron chi connectivity index (χ1n) is 12.5. The Morgan fingerprint density at radius 1 is 0.968 bits per heavy atom. The summed E-state index contributed by atoms with van der Waals surface area (Å²) in [5.41, 5.74) is 0. The van der Waals surface area contributed by atoms with Crippen LogP contribution in [0.2, 0.25) is 0 Å². The van der Waals surface area contributed by atoms with E-state index in [1.165, 1.54) is 0 Å². The minimum absolute atomic E-state index is 0.0587. The summed E-state index contributed by atoms with van der Waals surface area (Å²) in [5, 5.41) is 14.8. The van der Waals surface area contributed by atoms with Gasteiger partial charge in [-0.05, 0) is 50.9 Å². The zero-order valence-electron chi connectivity index (χ0n) is 19.6. The molecular formula is C24H42N2O5. The van der Waals surface area contributed by atoms with Gasteiger partial charge >= 0.3 is 5.97 Å². The van der Waals surface area contributed by atoms with Crippen molar-refractivity contribution < 1.29 is 19.2 Å². The molecule has 2 fully saturated rings. The van der Waals surface area contributed by atoms with E-state index in [9.17, 15) is 19.7 Å². The third-order valence-corrected chi connectivity index (χ3v) is 7.49. The first-order valence-corrected chi connectivity index (χ1v) is 12.5. The molecule has 0 heterocycles. The molecule has 7 nitrogen and oxygen atoms in total. The minimum Gasteiger partial charge on any atom is -0.465 e. The first kappa shape index (κ1) is 25.6. The molecule has 0 aromatic rings. The summed E-state index contributed by atoms with van der Waals surface area (Å²) in [7, 11) is 0. The van der Waals surface area contributed by atoms with Crippen molar-refractivity contribution in [3.8, 4) is 0 Å². The molecule has 1 N–H and O–H groups in total. The van der Waals surface area contributed by atoms with E-state index in [-0.39, 0.29) is 46.5 Å². The van der Waals surface area contributed by atoms with Gasteiger partial charge in [0.1, 0.15) is 0 Å². The fourth-order valence-electron chi connectivity index (χ4n) is 5.73. The first-order chi connectivity index (χ1) is 14.9. The van der Waals surface area contributed by atoms with Gasteiger partial charge in [0, 0.05) is 29.2 Å². The van der Waals surface area contributed by atoms with Crippen LogP contribution in [0.4, 0.5) is 0 Å². The molecule has 2 aliphatic carbocycles. The van der Waals surface area contributed by atoms with E-state index in [1.54, 1.807) is 0 Å². The van der Waals surface area contributed by atoms with Crippen LogP contribution < -0.4 is 5.32 Å². The van der Waals surface area contributed by atoms with E-state index in [0.29, 0.717) is 25.9 Å². The summed E-state index contributed by atoms with van der Waals surface area (Å²) in [6, 6.07) is -0.680. The molecule has 0 aliphatic heterocycles. The summed E-state index contributed by atoms with van der Waals surface area (Å²) >= 11 is 0. The van der Waals surface area contributed by atoms with Crippen LogP contribution in [-0.2, 0) is 14.3 Å². The lowest BCUT2D eigenvalue weighted by Gasteiger charge is -2.38. The van der Waals surface area contributed by atoms with Gasteiger partial charge in [0.05, 0.1) is 12.5 Å². The number of nitrogens with one attached hydrogen (secondary N) is 1. The normalized spacial score (nSPS) is 28.4. The highest BCUT2D eigenvalue weighted by Crippen LogP contribution is 2.36. The van der Waals surface area contributed by atoms with Gasteiger partial charge < -0.3 is 10.1 Å². The predicted molar refractivity (Wildman–Crippen MR) is 120 cm³/mol. The van der Waals surface area contributed by atoms with Crippen molar-refractivity contribution in [3.63, 3.8) is 0 Å². The van der Waals surface area contributed by atoms with Crippen LogP contribution in [0.15, 0.2) is 0 Å². The Morgan fingerprint density at radius 3 is 2.19 bits per heavy atom. The Hall–Kier alpha value is -1.66. The van der Waals surface area contributed by atoms with Crippen molar-refractivity contribution in [3.05, 3.63) is 10.1 Å². The summed E-state index contributed by atoms with van der Waals surface area (Å²) in [6.45, 7) is 6.49. The number of amides is 1. The van der Waals surface area contributed by atoms with Crippen LogP contribution in [0.3, 0.4) is 0 Å². The molecule has 1 amide bonds. The lowest BCUT2D eigenvalue weighted by molar-refractivity contribution is -0.537. The maximum atomic E-state index is 13.3. The van der Waals surface area contributed by atoms with Crippen LogP contribution >= 0.6 is 0 Å². The topological polar surface area (TPSA) is 98.5 Å². The number of rotatable bonds is 11. The van der Waals surface area contributed by atoms with E-state index in [4.69, 9.17) is 4.74 Å². The number of carbonyl (C=O) groups excluding carboxylic acids is 2. The van der Waals surface area contributed by atoms with E-state index < -0.39 is 6.04 Å². The zero-order chi connectivity index (χ0) is 22.8. The SMILES string of the molecule is CCCCOC(=O)[C@@H](CC)[C@@H]1CCCC[C@@H]1NC(=O)[C@@H](CC)[C@@H]1CCCC[C@H]1[N+](=O)[O-]. The highest BCUT2D eigenvalue weighted by atomic mass is 16.6. The van der Waals surface area contributed by atoms with Gasteiger partial charge in [-0.15, -0.1) is 0 Å². The van der Waals surface area contributed by atoms with Gasteiger partial charge in [0.15, 0.2) is 0 Å². The number of ether oxygens (including phenoxy) is 1. The Morgan fingerprint density at radius 2 is 1.58 bits per heavy atom. The Balaban J connectivity index is 2.08. The van der Waals surface area contributed by atoms with Crippen molar-refractivity contribution in [1.29, 1.82) is 0 Å². The maximum absolute atomic E-state index is 13.3. The number of carbonyl (C=O) groups is 2. The van der Waals surface area contributed by atoms with Crippen molar-refractivity contribution in [2.24, 2.45) is 23.7 Å². The van der Waals surface area contributed by atoms with E-state index in [1.807, 2.05) is 13.8 Å². The fourth-order valence-corrected chi connectivity index (χ4v) is 5.73. The van der Waals surface area contributed by atoms with E-state index >= 15 is 0 Å². The van der Waals surface area contributed by atoms with Gasteiger partial charge in [-0.2, -0.15) is 0 Å². The second kappa shape index (κ2) is 13.0. The molecule has 31 heavy (non-hydrogen) atoms. The summed E-state index contributed by atoms with van der Waals surface area (Å²) in [6.07, 6.45) is 10.1. The minimum atomic E-state index is -0.622. The monoisotopic (exact) mass is 438 g/mol. The van der Waals surface area contributed by atoms with Crippen LogP contribution in [0.5, 0.6) is 0 Å².